The monoisotopic (exact) mass is 572 g/mol. The molecule has 0 radical (unpaired) electrons. The van der Waals surface area contributed by atoms with Gasteiger partial charge in [-0.25, -0.2) is 4.79 Å². The maximum atomic E-state index is 12.8. The van der Waals surface area contributed by atoms with Crippen LogP contribution in [0.25, 0.3) is 0 Å². The summed E-state index contributed by atoms with van der Waals surface area (Å²) in [4.78, 5) is 61.2. The number of rotatable bonds is 11. The van der Waals surface area contributed by atoms with Crippen LogP contribution in [0.15, 0.2) is 11.6 Å². The standard InChI is InChI=1S/C32H48N2O7/c1-5-6-7-25(30(39)40)34-29(38)19(2)33-27(36)12-13-28(37)41-26-11-10-23-22-9-8-20-18-21(35)14-16-31(20,3)24(22)15-17-32(23,26)4/h18-19,22-26H,5-17H2,1-4H3,(H,33,36)(H,34,38)(H,39,40)/t19-,22+,23+,24+,25+,26+,31+,32+/m1/s1. The molecule has 0 unspecified atom stereocenters. The molecule has 0 aliphatic heterocycles. The van der Waals surface area contributed by atoms with Crippen molar-refractivity contribution in [1.29, 1.82) is 0 Å². The topological polar surface area (TPSA) is 139 Å². The Kier molecular flexibility index (Phi) is 9.64. The number of unbranched alkanes of at least 4 members (excludes halogenated alkanes) is 1. The molecule has 3 fully saturated rings. The molecule has 0 heterocycles. The minimum Gasteiger partial charge on any atom is -0.480 e. The molecule has 0 spiro atoms. The van der Waals surface area contributed by atoms with Gasteiger partial charge in [0.15, 0.2) is 5.78 Å². The molecule has 4 aliphatic rings. The van der Waals surface area contributed by atoms with Crippen LogP contribution < -0.4 is 10.6 Å². The molecule has 0 aromatic heterocycles. The summed E-state index contributed by atoms with van der Waals surface area (Å²) < 4.78 is 6.01. The van der Waals surface area contributed by atoms with E-state index < -0.39 is 35.8 Å². The average molecular weight is 573 g/mol. The van der Waals surface area contributed by atoms with Gasteiger partial charge in [0, 0.05) is 18.3 Å². The number of carboxylic acids is 1. The van der Waals surface area contributed by atoms with Crippen molar-refractivity contribution in [3.8, 4) is 0 Å². The Morgan fingerprint density at radius 3 is 2.49 bits per heavy atom. The predicted octanol–water partition coefficient (Wildman–Crippen LogP) is 4.47. The average Bonchev–Trinajstić information content (AvgIpc) is 3.25. The van der Waals surface area contributed by atoms with Crippen molar-refractivity contribution in [3.05, 3.63) is 11.6 Å². The van der Waals surface area contributed by atoms with E-state index in [1.54, 1.807) is 0 Å². The number of ether oxygens (including phenoxy) is 1. The Balaban J connectivity index is 1.26. The van der Waals surface area contributed by atoms with Gasteiger partial charge >= 0.3 is 11.9 Å². The van der Waals surface area contributed by atoms with Crippen LogP contribution in [-0.2, 0) is 28.7 Å². The number of allylic oxidation sites excluding steroid dienone is 1. The van der Waals surface area contributed by atoms with Crippen LogP contribution in [0.1, 0.15) is 111 Å². The fourth-order valence-electron chi connectivity index (χ4n) is 8.48. The van der Waals surface area contributed by atoms with Gasteiger partial charge in [-0.1, -0.05) is 39.2 Å². The molecule has 8 atom stereocenters. The highest BCUT2D eigenvalue weighted by atomic mass is 16.5. The van der Waals surface area contributed by atoms with E-state index in [0.29, 0.717) is 37.0 Å². The van der Waals surface area contributed by atoms with E-state index >= 15 is 0 Å². The van der Waals surface area contributed by atoms with Crippen LogP contribution in [-0.4, -0.2) is 52.8 Å². The van der Waals surface area contributed by atoms with Crippen molar-refractivity contribution in [2.45, 2.75) is 129 Å². The lowest BCUT2D eigenvalue weighted by Crippen LogP contribution is -2.51. The first-order valence-corrected chi connectivity index (χ1v) is 15.6. The first kappa shape index (κ1) is 31.2. The van der Waals surface area contributed by atoms with Gasteiger partial charge in [-0.15, -0.1) is 0 Å². The number of carbonyl (C=O) groups is 5. The maximum absolute atomic E-state index is 12.8. The first-order chi connectivity index (χ1) is 19.4. The van der Waals surface area contributed by atoms with E-state index in [2.05, 4.69) is 24.5 Å². The van der Waals surface area contributed by atoms with Crippen LogP contribution in [0.5, 0.6) is 0 Å². The molecule has 0 aromatic rings. The Labute approximate surface area is 243 Å². The third kappa shape index (κ3) is 6.54. The quantitative estimate of drug-likeness (QED) is 0.310. The number of hydrogen-bond donors (Lipinski definition) is 3. The lowest BCUT2D eigenvalue weighted by molar-refractivity contribution is -0.160. The molecule has 3 saturated carbocycles. The summed E-state index contributed by atoms with van der Waals surface area (Å²) in [5.74, 6) is -0.611. The number of amides is 2. The summed E-state index contributed by atoms with van der Waals surface area (Å²) in [7, 11) is 0. The highest BCUT2D eigenvalue weighted by Gasteiger charge is 2.60. The number of hydrogen-bond acceptors (Lipinski definition) is 6. The first-order valence-electron chi connectivity index (χ1n) is 15.6. The lowest BCUT2D eigenvalue weighted by atomic mass is 9.47. The van der Waals surface area contributed by atoms with Crippen molar-refractivity contribution in [3.63, 3.8) is 0 Å². The highest BCUT2D eigenvalue weighted by molar-refractivity contribution is 5.92. The maximum Gasteiger partial charge on any atom is 0.326 e. The number of esters is 1. The molecule has 2 amide bonds. The van der Waals surface area contributed by atoms with E-state index in [1.807, 2.05) is 13.0 Å². The molecule has 9 heteroatoms. The van der Waals surface area contributed by atoms with Crippen LogP contribution in [0.4, 0.5) is 0 Å². The van der Waals surface area contributed by atoms with E-state index in [0.717, 1.165) is 51.4 Å². The Morgan fingerprint density at radius 2 is 1.78 bits per heavy atom. The second-order valence-electron chi connectivity index (χ2n) is 13.4. The molecule has 0 aromatic carbocycles. The third-order valence-electron chi connectivity index (χ3n) is 10.9. The summed E-state index contributed by atoms with van der Waals surface area (Å²) in [6, 6.07) is -1.91. The second-order valence-corrected chi connectivity index (χ2v) is 13.4. The lowest BCUT2D eigenvalue weighted by Gasteiger charge is -2.57. The molecule has 0 saturated heterocycles. The van der Waals surface area contributed by atoms with Gasteiger partial charge < -0.3 is 20.5 Å². The Morgan fingerprint density at radius 1 is 1.02 bits per heavy atom. The van der Waals surface area contributed by atoms with Crippen LogP contribution in [0.2, 0.25) is 0 Å². The molecule has 4 rings (SSSR count). The molecule has 9 nitrogen and oxygen atoms in total. The summed E-state index contributed by atoms with van der Waals surface area (Å²) in [5, 5.41) is 14.4. The number of nitrogens with one attached hydrogen (secondary N) is 2. The van der Waals surface area contributed by atoms with Crippen molar-refractivity contribution >= 4 is 29.5 Å². The minimum absolute atomic E-state index is 0.0715. The number of aliphatic carboxylic acids is 1. The second kappa shape index (κ2) is 12.7. The third-order valence-corrected chi connectivity index (χ3v) is 10.9. The summed E-state index contributed by atoms with van der Waals surface area (Å²) in [6.07, 6.45) is 11.0. The Bertz CT molecular complexity index is 1090. The fraction of sp³-hybridized carbons (Fsp3) is 0.781. The van der Waals surface area contributed by atoms with Gasteiger partial charge in [0.2, 0.25) is 11.8 Å². The summed E-state index contributed by atoms with van der Waals surface area (Å²) >= 11 is 0. The zero-order valence-corrected chi connectivity index (χ0v) is 25.1. The van der Waals surface area contributed by atoms with Crippen LogP contribution in [0.3, 0.4) is 0 Å². The van der Waals surface area contributed by atoms with Crippen LogP contribution in [0, 0.1) is 28.6 Å². The van der Waals surface area contributed by atoms with Gasteiger partial charge in [0.25, 0.3) is 0 Å². The molecule has 41 heavy (non-hydrogen) atoms. The van der Waals surface area contributed by atoms with E-state index in [-0.39, 0.29) is 35.6 Å². The summed E-state index contributed by atoms with van der Waals surface area (Å²) in [5.41, 5.74) is 1.38. The van der Waals surface area contributed by atoms with Crippen LogP contribution >= 0.6 is 0 Å². The van der Waals surface area contributed by atoms with Crippen molar-refractivity contribution in [2.24, 2.45) is 28.6 Å². The van der Waals surface area contributed by atoms with Gasteiger partial charge in [0.1, 0.15) is 18.2 Å². The van der Waals surface area contributed by atoms with Crippen molar-refractivity contribution in [1.82, 2.24) is 10.6 Å². The number of ketones is 1. The van der Waals surface area contributed by atoms with Gasteiger partial charge in [-0.3, -0.25) is 19.2 Å². The largest absolute Gasteiger partial charge is 0.480 e. The van der Waals surface area contributed by atoms with Gasteiger partial charge in [-0.2, -0.15) is 0 Å². The highest BCUT2D eigenvalue weighted by Crippen LogP contribution is 2.65. The van der Waals surface area contributed by atoms with E-state index in [4.69, 9.17) is 4.74 Å². The normalized spacial score (nSPS) is 33.8. The number of carbonyl (C=O) groups excluding carboxylic acids is 4. The van der Waals surface area contributed by atoms with Gasteiger partial charge in [0.05, 0.1) is 6.42 Å². The van der Waals surface area contributed by atoms with Crippen molar-refractivity contribution in [2.75, 3.05) is 0 Å². The fourth-order valence-corrected chi connectivity index (χ4v) is 8.48. The smallest absolute Gasteiger partial charge is 0.326 e. The Hall–Kier alpha value is -2.71. The predicted molar refractivity (Wildman–Crippen MR) is 153 cm³/mol. The zero-order valence-electron chi connectivity index (χ0n) is 25.1. The summed E-state index contributed by atoms with van der Waals surface area (Å²) in [6.45, 7) is 8.07. The molecule has 228 valence electrons. The molecular weight excluding hydrogens is 524 g/mol. The number of fused-ring (bicyclic) bond motifs is 5. The number of carboxylic acid groups (broad SMARTS) is 1. The SMILES string of the molecule is CCCC[C@H](NC(=O)[C@@H](C)NC(=O)CCC(=O)O[C@H]1CC[C@H]2[C@@H]3CCC4=CC(=O)CC[C@]4(C)[C@H]3CC[C@]12C)C(=O)O. The van der Waals surface area contributed by atoms with Crippen molar-refractivity contribution < 1.29 is 33.8 Å². The van der Waals surface area contributed by atoms with E-state index in [9.17, 15) is 29.1 Å². The van der Waals surface area contributed by atoms with Gasteiger partial charge in [-0.05, 0) is 87.5 Å². The zero-order chi connectivity index (χ0) is 29.9. The molecule has 3 N–H and O–H groups in total. The van der Waals surface area contributed by atoms with E-state index in [1.165, 1.54) is 12.5 Å². The minimum atomic E-state index is -1.10. The molecule has 0 bridgehead atoms. The molecular formula is C32H48N2O7. The molecule has 4 aliphatic carbocycles.